The lowest BCUT2D eigenvalue weighted by Crippen LogP contribution is -2.62. The summed E-state index contributed by atoms with van der Waals surface area (Å²) in [7, 11) is 1.95. The number of pyridine rings is 1. The van der Waals surface area contributed by atoms with Gasteiger partial charge < -0.3 is 20.7 Å². The highest BCUT2D eigenvalue weighted by Crippen LogP contribution is 2.31. The van der Waals surface area contributed by atoms with Crippen molar-refractivity contribution < 1.29 is 5.11 Å². The van der Waals surface area contributed by atoms with Crippen molar-refractivity contribution in [2.24, 2.45) is 0 Å². The van der Waals surface area contributed by atoms with Crippen molar-refractivity contribution in [2.45, 2.75) is 77.4 Å². The van der Waals surface area contributed by atoms with E-state index in [0.717, 1.165) is 42.1 Å². The van der Waals surface area contributed by atoms with E-state index < -0.39 is 0 Å². The van der Waals surface area contributed by atoms with Crippen LogP contribution in [0.4, 0.5) is 0 Å². The van der Waals surface area contributed by atoms with E-state index in [1.807, 2.05) is 18.0 Å². The fourth-order valence-corrected chi connectivity index (χ4v) is 4.94. The highest BCUT2D eigenvalue weighted by molar-refractivity contribution is 6.12. The number of benzene rings is 1. The molecule has 1 aromatic heterocycles. The van der Waals surface area contributed by atoms with Crippen LogP contribution >= 0.6 is 0 Å². The molecule has 0 aliphatic carbocycles. The molecule has 0 radical (unpaired) electrons. The van der Waals surface area contributed by atoms with Crippen LogP contribution < -0.4 is 5.32 Å². The summed E-state index contributed by atoms with van der Waals surface area (Å²) in [4.78, 5) is 6.48. The predicted molar refractivity (Wildman–Crippen MR) is 133 cm³/mol. The van der Waals surface area contributed by atoms with Crippen LogP contribution in [0.3, 0.4) is 0 Å². The van der Waals surface area contributed by atoms with Crippen LogP contribution in [-0.4, -0.2) is 50.7 Å². The summed E-state index contributed by atoms with van der Waals surface area (Å²) in [6.45, 7) is 10.9. The summed E-state index contributed by atoms with van der Waals surface area (Å²) in [5, 5.41) is 33.0. The summed E-state index contributed by atoms with van der Waals surface area (Å²) >= 11 is 0. The SMILES string of the molecule is CCCc1cc2cc(O)c(C(=N)/C=C\C(=N)N(C)C3CC(C)(C)NC(C)(C)C3)cc2cn1. The Morgan fingerprint density at radius 2 is 1.78 bits per heavy atom. The van der Waals surface area contributed by atoms with Gasteiger partial charge in [0.15, 0.2) is 0 Å². The second kappa shape index (κ2) is 9.02. The van der Waals surface area contributed by atoms with Crippen LogP contribution in [-0.2, 0) is 6.42 Å². The van der Waals surface area contributed by atoms with Crippen molar-refractivity contribution in [3.63, 3.8) is 0 Å². The first-order valence-electron chi connectivity index (χ1n) is 11.4. The Hall–Kier alpha value is -2.73. The molecule has 3 rings (SSSR count). The average molecular weight is 436 g/mol. The standard InChI is InChI=1S/C26H37N5O/c1-7-8-19-11-17-13-23(32)21(12-18(17)16-29-19)22(27)9-10-24(28)31(6)20-14-25(2,3)30-26(4,5)15-20/h9-13,16,20,27-28,30,32H,7-8,14-15H2,1-6H3/b10-9-,27-22?,28-24?. The summed E-state index contributed by atoms with van der Waals surface area (Å²) in [6.07, 6.45) is 8.85. The van der Waals surface area contributed by atoms with Crippen molar-refractivity contribution in [1.29, 1.82) is 10.8 Å². The van der Waals surface area contributed by atoms with Gasteiger partial charge in [0.1, 0.15) is 11.6 Å². The molecule has 0 amide bonds. The summed E-state index contributed by atoms with van der Waals surface area (Å²) in [5.41, 5.74) is 1.62. The molecule has 1 fully saturated rings. The number of piperidine rings is 1. The van der Waals surface area contributed by atoms with E-state index in [-0.39, 0.29) is 28.6 Å². The van der Waals surface area contributed by atoms with Gasteiger partial charge in [0.25, 0.3) is 0 Å². The first-order chi connectivity index (χ1) is 14.9. The molecular weight excluding hydrogens is 398 g/mol. The maximum absolute atomic E-state index is 10.5. The topological polar surface area (TPSA) is 96.1 Å². The number of aromatic nitrogens is 1. The number of fused-ring (bicyclic) bond motifs is 1. The van der Waals surface area contributed by atoms with Gasteiger partial charge in [-0.1, -0.05) is 13.3 Å². The normalized spacial score (nSPS) is 18.2. The largest absolute Gasteiger partial charge is 0.507 e. The summed E-state index contributed by atoms with van der Waals surface area (Å²) in [6, 6.07) is 5.73. The Bertz CT molecular complexity index is 1040. The number of phenols is 1. The van der Waals surface area contributed by atoms with Gasteiger partial charge in [0.2, 0.25) is 0 Å². The maximum Gasteiger partial charge on any atom is 0.125 e. The molecular formula is C26H37N5O. The van der Waals surface area contributed by atoms with Gasteiger partial charge in [-0.05, 0) is 82.7 Å². The first-order valence-corrected chi connectivity index (χ1v) is 11.4. The molecule has 0 bridgehead atoms. The zero-order chi connectivity index (χ0) is 23.7. The number of phenolic OH excluding ortho intramolecular Hbond substituents is 1. The Kier molecular flexibility index (Phi) is 6.75. The molecule has 1 aliphatic rings. The lowest BCUT2D eigenvalue weighted by Gasteiger charge is -2.49. The zero-order valence-corrected chi connectivity index (χ0v) is 20.2. The van der Waals surface area contributed by atoms with Gasteiger partial charge >= 0.3 is 0 Å². The van der Waals surface area contributed by atoms with E-state index in [1.54, 1.807) is 30.5 Å². The third kappa shape index (κ3) is 5.54. The Morgan fingerprint density at radius 3 is 2.41 bits per heavy atom. The molecule has 0 spiro atoms. The van der Waals surface area contributed by atoms with E-state index in [1.165, 1.54) is 0 Å². The minimum Gasteiger partial charge on any atom is -0.507 e. The average Bonchev–Trinajstić information content (AvgIpc) is 2.68. The third-order valence-corrected chi connectivity index (χ3v) is 6.19. The number of hydrogen-bond donors (Lipinski definition) is 4. The third-order valence-electron chi connectivity index (χ3n) is 6.19. The molecule has 6 heteroatoms. The summed E-state index contributed by atoms with van der Waals surface area (Å²) < 4.78 is 0. The lowest BCUT2D eigenvalue weighted by atomic mass is 9.79. The van der Waals surface area contributed by atoms with Crippen LogP contribution in [0.2, 0.25) is 0 Å². The molecule has 1 aliphatic heterocycles. The molecule has 1 aromatic carbocycles. The fraction of sp³-hybridized carbons (Fsp3) is 0.500. The van der Waals surface area contributed by atoms with Crippen molar-refractivity contribution in [3.8, 4) is 5.75 Å². The number of allylic oxidation sites excluding steroid dienone is 1. The molecule has 172 valence electrons. The minimum absolute atomic E-state index is 0.000701. The van der Waals surface area contributed by atoms with E-state index in [9.17, 15) is 5.11 Å². The number of likely N-dealkylation sites (N-methyl/N-ethyl adjacent to an activating group) is 1. The number of aryl methyl sites for hydroxylation is 1. The van der Waals surface area contributed by atoms with Crippen LogP contribution in [0, 0.1) is 10.8 Å². The molecule has 2 heterocycles. The van der Waals surface area contributed by atoms with Gasteiger partial charge in [-0.3, -0.25) is 10.4 Å². The summed E-state index contributed by atoms with van der Waals surface area (Å²) in [5.74, 6) is 0.432. The van der Waals surface area contributed by atoms with E-state index in [0.29, 0.717) is 11.4 Å². The van der Waals surface area contributed by atoms with Crippen LogP contribution in [0.15, 0.2) is 36.5 Å². The smallest absolute Gasteiger partial charge is 0.125 e. The second-order valence-electron chi connectivity index (χ2n) is 10.3. The highest BCUT2D eigenvalue weighted by atomic mass is 16.3. The Balaban J connectivity index is 1.75. The molecule has 4 N–H and O–H groups in total. The number of nitrogens with one attached hydrogen (secondary N) is 3. The number of nitrogens with zero attached hydrogens (tertiary/aromatic N) is 2. The van der Waals surface area contributed by atoms with Crippen LogP contribution in [0.5, 0.6) is 5.75 Å². The van der Waals surface area contributed by atoms with Crippen molar-refractivity contribution in [2.75, 3.05) is 7.05 Å². The van der Waals surface area contributed by atoms with Crippen LogP contribution in [0.1, 0.15) is 65.1 Å². The van der Waals surface area contributed by atoms with Gasteiger partial charge in [-0.15, -0.1) is 0 Å². The molecule has 0 atom stereocenters. The monoisotopic (exact) mass is 435 g/mol. The number of amidine groups is 1. The predicted octanol–water partition coefficient (Wildman–Crippen LogP) is 5.04. The second-order valence-corrected chi connectivity index (χ2v) is 10.3. The Labute approximate surface area is 191 Å². The van der Waals surface area contributed by atoms with Gasteiger partial charge in [-0.2, -0.15) is 0 Å². The first kappa shape index (κ1) is 23.9. The van der Waals surface area contributed by atoms with Crippen molar-refractivity contribution >= 4 is 22.3 Å². The van der Waals surface area contributed by atoms with Gasteiger partial charge in [0.05, 0.1) is 5.71 Å². The quantitative estimate of drug-likeness (QED) is 0.378. The van der Waals surface area contributed by atoms with Crippen molar-refractivity contribution in [3.05, 3.63) is 47.8 Å². The minimum atomic E-state index is -0.000701. The zero-order valence-electron chi connectivity index (χ0n) is 20.2. The lowest BCUT2D eigenvalue weighted by molar-refractivity contribution is 0.114. The number of aromatic hydroxyl groups is 1. The van der Waals surface area contributed by atoms with E-state index in [4.69, 9.17) is 10.8 Å². The molecule has 32 heavy (non-hydrogen) atoms. The molecule has 2 aromatic rings. The molecule has 1 saturated heterocycles. The highest BCUT2D eigenvalue weighted by Gasteiger charge is 2.39. The van der Waals surface area contributed by atoms with Crippen molar-refractivity contribution in [1.82, 2.24) is 15.2 Å². The molecule has 6 nitrogen and oxygen atoms in total. The van der Waals surface area contributed by atoms with Crippen LogP contribution in [0.25, 0.3) is 10.8 Å². The Morgan fingerprint density at radius 1 is 1.12 bits per heavy atom. The van der Waals surface area contributed by atoms with E-state index in [2.05, 4.69) is 44.9 Å². The van der Waals surface area contributed by atoms with E-state index >= 15 is 0 Å². The maximum atomic E-state index is 10.5. The molecule has 0 unspecified atom stereocenters. The van der Waals surface area contributed by atoms with Gasteiger partial charge in [-0.25, -0.2) is 0 Å². The van der Waals surface area contributed by atoms with Gasteiger partial charge in [0, 0.05) is 47.0 Å². The number of rotatable bonds is 6. The fourth-order valence-electron chi connectivity index (χ4n) is 4.94. The number of hydrogen-bond acceptors (Lipinski definition) is 5. The molecule has 0 saturated carbocycles.